The van der Waals surface area contributed by atoms with Gasteiger partial charge in [0, 0.05) is 23.9 Å². The molecule has 0 spiro atoms. The van der Waals surface area contributed by atoms with Crippen LogP contribution >= 0.6 is 15.9 Å². The Morgan fingerprint density at radius 2 is 2.10 bits per heavy atom. The number of aromatic nitrogens is 2. The Balaban J connectivity index is 2.08. The standard InChI is InChI=1S/C15H16BrN3O/c1-17-15-10-4-3-5-12(10)18-14(19-15)9-6-7-13(20-2)11(16)8-9/h6-8H,3-5H2,1-2H3,(H,17,18,19). The maximum atomic E-state index is 5.25. The number of anilines is 1. The molecule has 1 aromatic heterocycles. The largest absolute Gasteiger partial charge is 0.496 e. The number of halogens is 1. The average molecular weight is 334 g/mol. The van der Waals surface area contributed by atoms with E-state index in [1.807, 2.05) is 25.2 Å². The number of aryl methyl sites for hydroxylation is 1. The van der Waals surface area contributed by atoms with Crippen molar-refractivity contribution in [2.75, 3.05) is 19.5 Å². The summed E-state index contributed by atoms with van der Waals surface area (Å²) in [5, 5.41) is 3.19. The van der Waals surface area contributed by atoms with Crippen LogP contribution in [-0.2, 0) is 12.8 Å². The van der Waals surface area contributed by atoms with Gasteiger partial charge in [-0.2, -0.15) is 0 Å². The van der Waals surface area contributed by atoms with Gasteiger partial charge in [0.2, 0.25) is 0 Å². The zero-order chi connectivity index (χ0) is 14.1. The summed E-state index contributed by atoms with van der Waals surface area (Å²) in [7, 11) is 3.57. The van der Waals surface area contributed by atoms with Crippen molar-refractivity contribution in [3.8, 4) is 17.1 Å². The Labute approximate surface area is 126 Å². The van der Waals surface area contributed by atoms with Crippen LogP contribution in [0.5, 0.6) is 5.75 Å². The molecule has 3 rings (SSSR count). The van der Waals surface area contributed by atoms with Gasteiger partial charge in [0.1, 0.15) is 11.6 Å². The number of fused-ring (bicyclic) bond motifs is 1. The highest BCUT2D eigenvalue weighted by molar-refractivity contribution is 9.10. The molecule has 20 heavy (non-hydrogen) atoms. The number of methoxy groups -OCH3 is 1. The molecule has 0 saturated heterocycles. The summed E-state index contributed by atoms with van der Waals surface area (Å²) in [6.45, 7) is 0. The van der Waals surface area contributed by atoms with Gasteiger partial charge < -0.3 is 10.1 Å². The van der Waals surface area contributed by atoms with Gasteiger partial charge in [0.05, 0.1) is 11.6 Å². The van der Waals surface area contributed by atoms with Crippen LogP contribution in [0.15, 0.2) is 22.7 Å². The molecule has 4 nitrogen and oxygen atoms in total. The molecule has 1 aliphatic rings. The Hall–Kier alpha value is -1.62. The molecule has 0 atom stereocenters. The van der Waals surface area contributed by atoms with E-state index in [2.05, 4.69) is 26.2 Å². The molecule has 0 radical (unpaired) electrons. The normalized spacial score (nSPS) is 13.2. The number of rotatable bonds is 3. The lowest BCUT2D eigenvalue weighted by Crippen LogP contribution is -2.03. The van der Waals surface area contributed by atoms with Gasteiger partial charge in [-0.1, -0.05) is 0 Å². The Morgan fingerprint density at radius 3 is 2.80 bits per heavy atom. The number of nitrogens with zero attached hydrogens (tertiary/aromatic N) is 2. The fourth-order valence-electron chi connectivity index (χ4n) is 2.57. The van der Waals surface area contributed by atoms with E-state index in [9.17, 15) is 0 Å². The van der Waals surface area contributed by atoms with Crippen molar-refractivity contribution >= 4 is 21.7 Å². The SMILES string of the molecule is CNc1nc(-c2ccc(OC)c(Br)c2)nc2c1CCC2. The predicted molar refractivity (Wildman–Crippen MR) is 83.3 cm³/mol. The van der Waals surface area contributed by atoms with Crippen molar-refractivity contribution < 1.29 is 4.74 Å². The molecule has 1 N–H and O–H groups in total. The highest BCUT2D eigenvalue weighted by Gasteiger charge is 2.19. The molecule has 104 valence electrons. The molecular formula is C15H16BrN3O. The van der Waals surface area contributed by atoms with Crippen LogP contribution < -0.4 is 10.1 Å². The van der Waals surface area contributed by atoms with Crippen molar-refractivity contribution in [3.05, 3.63) is 33.9 Å². The second-order valence-electron chi connectivity index (χ2n) is 4.77. The molecule has 1 aliphatic carbocycles. The number of benzene rings is 1. The molecule has 0 saturated carbocycles. The highest BCUT2D eigenvalue weighted by Crippen LogP contribution is 2.32. The smallest absolute Gasteiger partial charge is 0.161 e. The summed E-state index contributed by atoms with van der Waals surface area (Å²) in [5.74, 6) is 2.52. The summed E-state index contributed by atoms with van der Waals surface area (Å²) in [5.41, 5.74) is 3.43. The lowest BCUT2D eigenvalue weighted by atomic mass is 10.1. The first-order chi connectivity index (χ1) is 9.72. The maximum absolute atomic E-state index is 5.25. The summed E-state index contributed by atoms with van der Waals surface area (Å²) in [6, 6.07) is 5.91. The molecule has 0 bridgehead atoms. The van der Waals surface area contributed by atoms with Crippen molar-refractivity contribution in [3.63, 3.8) is 0 Å². The van der Waals surface area contributed by atoms with Gasteiger partial charge in [-0.25, -0.2) is 9.97 Å². The van der Waals surface area contributed by atoms with Gasteiger partial charge in [-0.05, 0) is 53.4 Å². The summed E-state index contributed by atoms with van der Waals surface area (Å²) in [4.78, 5) is 9.36. The third-order valence-corrected chi connectivity index (χ3v) is 4.20. The Kier molecular flexibility index (Phi) is 3.61. The maximum Gasteiger partial charge on any atom is 0.161 e. The van der Waals surface area contributed by atoms with E-state index in [-0.39, 0.29) is 0 Å². The summed E-state index contributed by atoms with van der Waals surface area (Å²) >= 11 is 3.51. The van der Waals surface area contributed by atoms with Crippen LogP contribution in [0, 0.1) is 0 Å². The average Bonchev–Trinajstić information content (AvgIpc) is 2.94. The van der Waals surface area contributed by atoms with Crippen molar-refractivity contribution in [1.82, 2.24) is 9.97 Å². The fraction of sp³-hybridized carbons (Fsp3) is 0.333. The summed E-state index contributed by atoms with van der Waals surface area (Å²) < 4.78 is 6.16. The van der Waals surface area contributed by atoms with Gasteiger partial charge >= 0.3 is 0 Å². The van der Waals surface area contributed by atoms with Crippen molar-refractivity contribution in [2.24, 2.45) is 0 Å². The quantitative estimate of drug-likeness (QED) is 0.934. The van der Waals surface area contributed by atoms with E-state index in [0.29, 0.717) is 0 Å². The van der Waals surface area contributed by atoms with E-state index in [0.717, 1.165) is 46.7 Å². The third kappa shape index (κ3) is 2.26. The molecule has 5 heteroatoms. The van der Waals surface area contributed by atoms with E-state index in [4.69, 9.17) is 9.72 Å². The minimum absolute atomic E-state index is 0.762. The first kappa shape index (κ1) is 13.4. The topological polar surface area (TPSA) is 47.0 Å². The van der Waals surface area contributed by atoms with E-state index >= 15 is 0 Å². The Morgan fingerprint density at radius 1 is 1.25 bits per heavy atom. The van der Waals surface area contributed by atoms with Crippen LogP contribution in [0.2, 0.25) is 0 Å². The summed E-state index contributed by atoms with van der Waals surface area (Å²) in [6.07, 6.45) is 3.27. The van der Waals surface area contributed by atoms with Gasteiger partial charge in [-0.3, -0.25) is 0 Å². The van der Waals surface area contributed by atoms with Crippen LogP contribution in [0.3, 0.4) is 0 Å². The molecule has 2 aromatic rings. The highest BCUT2D eigenvalue weighted by atomic mass is 79.9. The number of ether oxygens (including phenoxy) is 1. The Bertz CT molecular complexity index is 658. The first-order valence-electron chi connectivity index (χ1n) is 6.64. The van der Waals surface area contributed by atoms with Crippen LogP contribution in [-0.4, -0.2) is 24.1 Å². The zero-order valence-corrected chi connectivity index (χ0v) is 13.1. The monoisotopic (exact) mass is 333 g/mol. The predicted octanol–water partition coefficient (Wildman–Crippen LogP) is 3.45. The second kappa shape index (κ2) is 5.40. The second-order valence-corrected chi connectivity index (χ2v) is 5.63. The van der Waals surface area contributed by atoms with Gasteiger partial charge in [0.15, 0.2) is 5.82 Å². The van der Waals surface area contributed by atoms with Gasteiger partial charge in [0.25, 0.3) is 0 Å². The molecule has 0 amide bonds. The molecule has 0 aliphatic heterocycles. The number of hydrogen-bond acceptors (Lipinski definition) is 4. The molecule has 0 fully saturated rings. The van der Waals surface area contributed by atoms with E-state index in [1.54, 1.807) is 7.11 Å². The van der Waals surface area contributed by atoms with Gasteiger partial charge in [-0.15, -0.1) is 0 Å². The molecule has 1 heterocycles. The lowest BCUT2D eigenvalue weighted by Gasteiger charge is -2.10. The number of hydrogen-bond donors (Lipinski definition) is 1. The minimum Gasteiger partial charge on any atom is -0.496 e. The van der Waals surface area contributed by atoms with Crippen LogP contribution in [0.1, 0.15) is 17.7 Å². The zero-order valence-electron chi connectivity index (χ0n) is 11.5. The molecule has 0 unspecified atom stereocenters. The third-order valence-electron chi connectivity index (χ3n) is 3.58. The van der Waals surface area contributed by atoms with Crippen molar-refractivity contribution in [2.45, 2.75) is 19.3 Å². The van der Waals surface area contributed by atoms with E-state index < -0.39 is 0 Å². The van der Waals surface area contributed by atoms with Crippen LogP contribution in [0.25, 0.3) is 11.4 Å². The van der Waals surface area contributed by atoms with E-state index in [1.165, 1.54) is 11.3 Å². The molecule has 1 aromatic carbocycles. The molecular weight excluding hydrogens is 318 g/mol. The fourth-order valence-corrected chi connectivity index (χ4v) is 3.11. The first-order valence-corrected chi connectivity index (χ1v) is 7.43. The lowest BCUT2D eigenvalue weighted by molar-refractivity contribution is 0.412. The van der Waals surface area contributed by atoms with Crippen LogP contribution in [0.4, 0.5) is 5.82 Å². The number of nitrogens with one attached hydrogen (secondary N) is 1. The van der Waals surface area contributed by atoms with Crippen molar-refractivity contribution in [1.29, 1.82) is 0 Å². The minimum atomic E-state index is 0.762.